The standard InChI is InChI=1S/C28H30O/c1-3-21-7-12-24(13-8-21)25-14-9-22(10-15-25)5-6-23-11-16-27-20-28(29-4-2)18-17-26(27)19-23/h9-11,14-21,24H,3-4,7-8,12-13H2,1-2H3. The number of fused-ring (bicyclic) bond motifs is 1. The molecule has 1 nitrogen and oxygen atoms in total. The molecule has 0 bridgehead atoms. The zero-order valence-corrected chi connectivity index (χ0v) is 17.6. The average molecular weight is 383 g/mol. The lowest BCUT2D eigenvalue weighted by atomic mass is 9.78. The number of hydrogen-bond acceptors (Lipinski definition) is 1. The lowest BCUT2D eigenvalue weighted by Crippen LogP contribution is -2.12. The van der Waals surface area contributed by atoms with Gasteiger partial charge in [0.2, 0.25) is 0 Å². The summed E-state index contributed by atoms with van der Waals surface area (Å²) >= 11 is 0. The van der Waals surface area contributed by atoms with Crippen molar-refractivity contribution in [2.45, 2.75) is 51.9 Å². The van der Waals surface area contributed by atoms with Crippen LogP contribution in [0, 0.1) is 17.8 Å². The van der Waals surface area contributed by atoms with Gasteiger partial charge in [0.1, 0.15) is 5.75 Å². The summed E-state index contributed by atoms with van der Waals surface area (Å²) in [6, 6.07) is 21.5. The molecule has 3 aromatic rings. The predicted molar refractivity (Wildman–Crippen MR) is 123 cm³/mol. The Morgan fingerprint density at radius 2 is 1.41 bits per heavy atom. The maximum atomic E-state index is 5.59. The van der Waals surface area contributed by atoms with Gasteiger partial charge in [-0.2, -0.15) is 0 Å². The summed E-state index contributed by atoms with van der Waals surface area (Å²) in [5, 5.41) is 2.38. The normalized spacial score (nSPS) is 18.8. The molecule has 1 fully saturated rings. The lowest BCUT2D eigenvalue weighted by Gasteiger charge is -2.28. The van der Waals surface area contributed by atoms with Crippen molar-refractivity contribution in [3.05, 3.63) is 77.4 Å². The zero-order chi connectivity index (χ0) is 20.1. The topological polar surface area (TPSA) is 9.23 Å². The molecule has 148 valence electrons. The highest BCUT2D eigenvalue weighted by Crippen LogP contribution is 2.36. The summed E-state index contributed by atoms with van der Waals surface area (Å²) in [4.78, 5) is 0. The molecule has 0 saturated heterocycles. The highest BCUT2D eigenvalue weighted by Gasteiger charge is 2.20. The van der Waals surface area contributed by atoms with Gasteiger partial charge in [-0.25, -0.2) is 0 Å². The molecular formula is C28H30O. The van der Waals surface area contributed by atoms with Gasteiger partial charge in [-0.1, -0.05) is 49.5 Å². The van der Waals surface area contributed by atoms with Crippen molar-refractivity contribution in [1.82, 2.24) is 0 Å². The van der Waals surface area contributed by atoms with Gasteiger partial charge in [0, 0.05) is 11.1 Å². The van der Waals surface area contributed by atoms with E-state index < -0.39 is 0 Å². The SMILES string of the molecule is CCOc1ccc2cc(C#Cc3ccc(C4CCC(CC)CC4)cc3)ccc2c1. The number of hydrogen-bond donors (Lipinski definition) is 0. The molecule has 0 amide bonds. The fraction of sp³-hybridized carbons (Fsp3) is 0.357. The lowest BCUT2D eigenvalue weighted by molar-refractivity contribution is 0.319. The van der Waals surface area contributed by atoms with Crippen molar-refractivity contribution in [1.29, 1.82) is 0 Å². The first-order valence-electron chi connectivity index (χ1n) is 11.0. The van der Waals surface area contributed by atoms with E-state index in [-0.39, 0.29) is 0 Å². The highest BCUT2D eigenvalue weighted by molar-refractivity contribution is 5.85. The van der Waals surface area contributed by atoms with E-state index in [0.717, 1.165) is 28.7 Å². The minimum Gasteiger partial charge on any atom is -0.494 e. The van der Waals surface area contributed by atoms with Gasteiger partial charge >= 0.3 is 0 Å². The van der Waals surface area contributed by atoms with Crippen LogP contribution in [0.2, 0.25) is 0 Å². The van der Waals surface area contributed by atoms with Gasteiger partial charge < -0.3 is 4.74 Å². The van der Waals surface area contributed by atoms with Crippen molar-refractivity contribution >= 4 is 10.8 Å². The molecule has 1 saturated carbocycles. The van der Waals surface area contributed by atoms with Crippen molar-refractivity contribution in [2.75, 3.05) is 6.61 Å². The van der Waals surface area contributed by atoms with E-state index in [1.807, 2.05) is 13.0 Å². The highest BCUT2D eigenvalue weighted by atomic mass is 16.5. The van der Waals surface area contributed by atoms with Gasteiger partial charge in [0.05, 0.1) is 6.61 Å². The van der Waals surface area contributed by atoms with E-state index in [4.69, 9.17) is 4.74 Å². The Bertz CT molecular complexity index is 1010. The third-order valence-electron chi connectivity index (χ3n) is 6.28. The molecule has 1 aliphatic carbocycles. The van der Waals surface area contributed by atoms with Gasteiger partial charge in [0.15, 0.2) is 0 Å². The van der Waals surface area contributed by atoms with Crippen molar-refractivity contribution in [3.63, 3.8) is 0 Å². The van der Waals surface area contributed by atoms with Crippen LogP contribution in [-0.2, 0) is 0 Å². The first-order valence-corrected chi connectivity index (χ1v) is 11.0. The van der Waals surface area contributed by atoms with Crippen molar-refractivity contribution in [2.24, 2.45) is 5.92 Å². The Kier molecular flexibility index (Phi) is 6.20. The quantitative estimate of drug-likeness (QED) is 0.429. The molecule has 0 aromatic heterocycles. The smallest absolute Gasteiger partial charge is 0.119 e. The molecule has 0 unspecified atom stereocenters. The van der Waals surface area contributed by atoms with E-state index in [1.54, 1.807) is 0 Å². The summed E-state index contributed by atoms with van der Waals surface area (Å²) in [6.45, 7) is 5.02. The second kappa shape index (κ2) is 9.19. The fourth-order valence-corrected chi connectivity index (χ4v) is 4.45. The molecule has 29 heavy (non-hydrogen) atoms. The summed E-state index contributed by atoms with van der Waals surface area (Å²) in [5.41, 5.74) is 3.62. The van der Waals surface area contributed by atoms with Gasteiger partial charge in [0.25, 0.3) is 0 Å². The maximum absolute atomic E-state index is 5.59. The minimum atomic E-state index is 0.688. The largest absolute Gasteiger partial charge is 0.494 e. The predicted octanol–water partition coefficient (Wildman–Crippen LogP) is 7.32. The molecule has 0 aliphatic heterocycles. The van der Waals surface area contributed by atoms with Crippen LogP contribution < -0.4 is 4.74 Å². The molecular weight excluding hydrogens is 352 g/mol. The summed E-state index contributed by atoms with van der Waals surface area (Å²) in [6.07, 6.45) is 6.79. The van der Waals surface area contributed by atoms with Crippen LogP contribution in [0.5, 0.6) is 5.75 Å². The monoisotopic (exact) mass is 382 g/mol. The summed E-state index contributed by atoms with van der Waals surface area (Å²) in [7, 11) is 0. The second-order valence-electron chi connectivity index (χ2n) is 8.15. The Hall–Kier alpha value is -2.72. The molecule has 1 aliphatic rings. The third-order valence-corrected chi connectivity index (χ3v) is 6.28. The fourth-order valence-electron chi connectivity index (χ4n) is 4.45. The molecule has 0 radical (unpaired) electrons. The number of ether oxygens (including phenoxy) is 1. The van der Waals surface area contributed by atoms with Gasteiger partial charge in [-0.15, -0.1) is 0 Å². The Morgan fingerprint density at radius 3 is 2.14 bits per heavy atom. The Morgan fingerprint density at radius 1 is 0.759 bits per heavy atom. The Labute approximate surface area is 175 Å². The molecule has 0 spiro atoms. The van der Waals surface area contributed by atoms with E-state index in [0.29, 0.717) is 6.61 Å². The zero-order valence-electron chi connectivity index (χ0n) is 17.6. The van der Waals surface area contributed by atoms with E-state index in [1.165, 1.54) is 48.4 Å². The molecule has 1 heteroatoms. The van der Waals surface area contributed by atoms with Crippen LogP contribution in [0.15, 0.2) is 60.7 Å². The maximum Gasteiger partial charge on any atom is 0.119 e. The third kappa shape index (κ3) is 4.83. The van der Waals surface area contributed by atoms with Crippen LogP contribution in [0.4, 0.5) is 0 Å². The van der Waals surface area contributed by atoms with Crippen LogP contribution >= 0.6 is 0 Å². The van der Waals surface area contributed by atoms with Gasteiger partial charge in [-0.05, 0) is 97.2 Å². The first kappa shape index (κ1) is 19.6. The minimum absolute atomic E-state index is 0.688. The van der Waals surface area contributed by atoms with Crippen LogP contribution in [0.1, 0.15) is 68.6 Å². The van der Waals surface area contributed by atoms with Crippen molar-refractivity contribution < 1.29 is 4.74 Å². The number of rotatable bonds is 4. The molecule has 0 heterocycles. The molecule has 4 rings (SSSR count). The average Bonchev–Trinajstić information content (AvgIpc) is 2.78. The first-order chi connectivity index (χ1) is 14.2. The second-order valence-corrected chi connectivity index (χ2v) is 8.15. The molecule has 0 N–H and O–H groups in total. The van der Waals surface area contributed by atoms with Crippen LogP contribution in [-0.4, -0.2) is 6.61 Å². The van der Waals surface area contributed by atoms with E-state index in [2.05, 4.69) is 73.4 Å². The number of benzene rings is 3. The van der Waals surface area contributed by atoms with E-state index >= 15 is 0 Å². The molecule has 3 aromatic carbocycles. The summed E-state index contributed by atoms with van der Waals surface area (Å²) < 4.78 is 5.59. The Balaban J connectivity index is 1.45. The van der Waals surface area contributed by atoms with E-state index in [9.17, 15) is 0 Å². The van der Waals surface area contributed by atoms with Gasteiger partial charge in [-0.3, -0.25) is 0 Å². The summed E-state index contributed by atoms with van der Waals surface area (Å²) in [5.74, 6) is 9.26. The van der Waals surface area contributed by atoms with Crippen LogP contribution in [0.25, 0.3) is 10.8 Å². The van der Waals surface area contributed by atoms with Crippen molar-refractivity contribution in [3.8, 4) is 17.6 Å². The van der Waals surface area contributed by atoms with Crippen LogP contribution in [0.3, 0.4) is 0 Å². The molecule has 0 atom stereocenters.